The van der Waals surface area contributed by atoms with E-state index in [-0.39, 0.29) is 18.4 Å². The highest BCUT2D eigenvalue weighted by molar-refractivity contribution is 5.72. The molecule has 84 valence electrons. The number of esters is 1. The van der Waals surface area contributed by atoms with Crippen molar-refractivity contribution in [1.29, 1.82) is 5.26 Å². The van der Waals surface area contributed by atoms with Crippen LogP contribution in [0.4, 0.5) is 0 Å². The zero-order chi connectivity index (χ0) is 11.5. The maximum atomic E-state index is 11.3. The minimum Gasteiger partial charge on any atom is -0.459 e. The summed E-state index contributed by atoms with van der Waals surface area (Å²) in [6.45, 7) is 5.78. The monoisotopic (exact) mass is 210 g/mol. The minimum absolute atomic E-state index is 0.168. The van der Waals surface area contributed by atoms with Gasteiger partial charge in [0.25, 0.3) is 0 Å². The van der Waals surface area contributed by atoms with Crippen molar-refractivity contribution in [2.24, 2.45) is 5.92 Å². The molecule has 0 aliphatic heterocycles. The van der Waals surface area contributed by atoms with Crippen molar-refractivity contribution in [2.75, 3.05) is 6.54 Å². The third-order valence-corrected chi connectivity index (χ3v) is 2.28. The van der Waals surface area contributed by atoms with Crippen LogP contribution in [0, 0.1) is 17.2 Å². The van der Waals surface area contributed by atoms with Crippen LogP contribution in [0.2, 0.25) is 0 Å². The lowest BCUT2D eigenvalue weighted by molar-refractivity contribution is -0.153. The maximum Gasteiger partial charge on any atom is 0.320 e. The molecule has 1 aliphatic rings. The lowest BCUT2D eigenvalue weighted by Gasteiger charge is -2.31. The number of nitrogens with zero attached hydrogens (tertiary/aromatic N) is 1. The first-order valence-corrected chi connectivity index (χ1v) is 5.25. The summed E-state index contributed by atoms with van der Waals surface area (Å²) in [5, 5.41) is 11.6. The van der Waals surface area contributed by atoms with Crippen LogP contribution in [0.25, 0.3) is 0 Å². The molecule has 0 unspecified atom stereocenters. The molecule has 0 heterocycles. The summed E-state index contributed by atoms with van der Waals surface area (Å²) in [5.74, 6) is -0.0657. The van der Waals surface area contributed by atoms with Gasteiger partial charge in [-0.3, -0.25) is 4.79 Å². The Balaban J connectivity index is 2.12. The van der Waals surface area contributed by atoms with E-state index in [1.807, 2.05) is 20.8 Å². The van der Waals surface area contributed by atoms with Crippen LogP contribution >= 0.6 is 0 Å². The van der Waals surface area contributed by atoms with Gasteiger partial charge in [-0.15, -0.1) is 0 Å². The number of carbonyl (C=O) groups is 1. The largest absolute Gasteiger partial charge is 0.459 e. The molecule has 15 heavy (non-hydrogen) atoms. The Kier molecular flexibility index (Phi) is 3.70. The van der Waals surface area contributed by atoms with Crippen LogP contribution in [0.5, 0.6) is 0 Å². The first-order valence-electron chi connectivity index (χ1n) is 5.25. The average molecular weight is 210 g/mol. The third kappa shape index (κ3) is 4.30. The fourth-order valence-corrected chi connectivity index (χ4v) is 1.50. The highest BCUT2D eigenvalue weighted by Gasteiger charge is 2.29. The number of hydrogen-bond donors (Lipinski definition) is 1. The van der Waals surface area contributed by atoms with Gasteiger partial charge in [-0.25, -0.2) is 0 Å². The lowest BCUT2D eigenvalue weighted by atomic mass is 9.81. The van der Waals surface area contributed by atoms with Gasteiger partial charge < -0.3 is 10.1 Å². The summed E-state index contributed by atoms with van der Waals surface area (Å²) in [7, 11) is 0. The second-order valence-electron chi connectivity index (χ2n) is 4.96. The van der Waals surface area contributed by atoms with E-state index in [2.05, 4.69) is 11.4 Å². The summed E-state index contributed by atoms with van der Waals surface area (Å²) >= 11 is 0. The second kappa shape index (κ2) is 4.63. The number of carbonyl (C=O) groups excluding carboxylic acids is 1. The van der Waals surface area contributed by atoms with Crippen LogP contribution < -0.4 is 5.32 Å². The third-order valence-electron chi connectivity index (χ3n) is 2.28. The first-order chi connectivity index (χ1) is 6.90. The minimum atomic E-state index is -0.423. The predicted molar refractivity (Wildman–Crippen MR) is 56.0 cm³/mol. The van der Waals surface area contributed by atoms with E-state index in [1.54, 1.807) is 0 Å². The number of rotatable bonds is 3. The number of nitriles is 1. The summed E-state index contributed by atoms with van der Waals surface area (Å²) in [5.41, 5.74) is -0.423. The molecule has 0 aromatic rings. The molecule has 0 aromatic heterocycles. The van der Waals surface area contributed by atoms with Gasteiger partial charge in [-0.05, 0) is 33.6 Å². The van der Waals surface area contributed by atoms with Gasteiger partial charge in [-0.2, -0.15) is 5.26 Å². The Morgan fingerprint density at radius 2 is 2.13 bits per heavy atom. The summed E-state index contributed by atoms with van der Waals surface area (Å²) in [6, 6.07) is 2.51. The van der Waals surface area contributed by atoms with Gasteiger partial charge in [0.05, 0.1) is 12.6 Å². The standard InChI is InChI=1S/C11H18N2O2/c1-11(2,3)15-10(14)7-13-9-4-8(5-9)6-12/h8-9,13H,4-5,7H2,1-3H3. The molecule has 4 heteroatoms. The van der Waals surface area contributed by atoms with Crippen molar-refractivity contribution < 1.29 is 9.53 Å². The zero-order valence-corrected chi connectivity index (χ0v) is 9.54. The quantitative estimate of drug-likeness (QED) is 0.711. The van der Waals surface area contributed by atoms with Crippen LogP contribution in [-0.4, -0.2) is 24.2 Å². The molecule has 1 fully saturated rings. The molecule has 0 spiro atoms. The lowest BCUT2D eigenvalue weighted by Crippen LogP contribution is -2.44. The van der Waals surface area contributed by atoms with Crippen LogP contribution in [0.1, 0.15) is 33.6 Å². The Bertz CT molecular complexity index is 269. The van der Waals surface area contributed by atoms with Crippen molar-refractivity contribution in [3.05, 3.63) is 0 Å². The summed E-state index contributed by atoms with van der Waals surface area (Å²) in [4.78, 5) is 11.3. The fourth-order valence-electron chi connectivity index (χ4n) is 1.50. The van der Waals surface area contributed by atoms with E-state index in [0.717, 1.165) is 12.8 Å². The molecule has 0 saturated heterocycles. The van der Waals surface area contributed by atoms with E-state index in [1.165, 1.54) is 0 Å². The van der Waals surface area contributed by atoms with Gasteiger partial charge in [0.2, 0.25) is 0 Å². The van der Waals surface area contributed by atoms with E-state index in [9.17, 15) is 4.79 Å². The van der Waals surface area contributed by atoms with Gasteiger partial charge >= 0.3 is 5.97 Å². The predicted octanol–water partition coefficient (Wildman–Crippen LogP) is 1.22. The second-order valence-corrected chi connectivity index (χ2v) is 4.96. The van der Waals surface area contributed by atoms with Gasteiger partial charge in [0.15, 0.2) is 0 Å². The molecular weight excluding hydrogens is 192 g/mol. The molecule has 0 amide bonds. The molecule has 1 aliphatic carbocycles. The van der Waals surface area contributed by atoms with Crippen molar-refractivity contribution in [3.8, 4) is 6.07 Å². The van der Waals surface area contributed by atoms with Gasteiger partial charge in [0.1, 0.15) is 5.60 Å². The van der Waals surface area contributed by atoms with E-state index in [4.69, 9.17) is 10.00 Å². The smallest absolute Gasteiger partial charge is 0.320 e. The van der Waals surface area contributed by atoms with Crippen molar-refractivity contribution >= 4 is 5.97 Å². The SMILES string of the molecule is CC(C)(C)OC(=O)CNC1CC(C#N)C1. The van der Waals surface area contributed by atoms with Crippen LogP contribution in [0.15, 0.2) is 0 Å². The fraction of sp³-hybridized carbons (Fsp3) is 0.818. The molecule has 0 aromatic carbocycles. The first kappa shape index (κ1) is 12.0. The highest BCUT2D eigenvalue weighted by atomic mass is 16.6. The molecule has 4 nitrogen and oxygen atoms in total. The number of ether oxygens (including phenoxy) is 1. The topological polar surface area (TPSA) is 62.1 Å². The van der Waals surface area contributed by atoms with E-state index in [0.29, 0.717) is 6.04 Å². The van der Waals surface area contributed by atoms with Crippen molar-refractivity contribution in [2.45, 2.75) is 45.3 Å². The average Bonchev–Trinajstić information content (AvgIpc) is 1.98. The molecular formula is C11H18N2O2. The molecule has 0 atom stereocenters. The Labute approximate surface area is 90.6 Å². The Morgan fingerprint density at radius 3 is 2.60 bits per heavy atom. The van der Waals surface area contributed by atoms with Gasteiger partial charge in [0, 0.05) is 12.0 Å². The number of hydrogen-bond acceptors (Lipinski definition) is 4. The Hall–Kier alpha value is -1.08. The Morgan fingerprint density at radius 1 is 1.53 bits per heavy atom. The van der Waals surface area contributed by atoms with Crippen LogP contribution in [0.3, 0.4) is 0 Å². The maximum absolute atomic E-state index is 11.3. The molecule has 1 N–H and O–H groups in total. The van der Waals surface area contributed by atoms with Crippen molar-refractivity contribution in [3.63, 3.8) is 0 Å². The summed E-state index contributed by atoms with van der Waals surface area (Å²) in [6.07, 6.45) is 1.69. The van der Waals surface area contributed by atoms with Gasteiger partial charge in [-0.1, -0.05) is 0 Å². The molecule has 1 saturated carbocycles. The highest BCUT2D eigenvalue weighted by Crippen LogP contribution is 2.26. The van der Waals surface area contributed by atoms with E-state index >= 15 is 0 Å². The van der Waals surface area contributed by atoms with E-state index < -0.39 is 5.60 Å². The molecule has 0 bridgehead atoms. The summed E-state index contributed by atoms with van der Waals surface area (Å²) < 4.78 is 5.14. The van der Waals surface area contributed by atoms with Crippen LogP contribution in [-0.2, 0) is 9.53 Å². The number of nitrogens with one attached hydrogen (secondary N) is 1. The van der Waals surface area contributed by atoms with Crippen molar-refractivity contribution in [1.82, 2.24) is 5.32 Å². The normalized spacial score (nSPS) is 25.2. The molecule has 0 radical (unpaired) electrons. The molecule has 1 rings (SSSR count). The zero-order valence-electron chi connectivity index (χ0n) is 9.54.